The monoisotopic (exact) mass is 570 g/mol. The molecule has 0 unspecified atom stereocenters. The predicted molar refractivity (Wildman–Crippen MR) is 143 cm³/mol. The van der Waals surface area contributed by atoms with Gasteiger partial charge < -0.3 is 19.5 Å². The molecule has 0 saturated carbocycles. The second-order valence-corrected chi connectivity index (χ2v) is 14.9. The minimum absolute atomic E-state index is 0.0686. The van der Waals surface area contributed by atoms with Gasteiger partial charge in [0.25, 0.3) is 5.91 Å². The summed E-state index contributed by atoms with van der Waals surface area (Å²) in [6.45, 7) is 12.9. The van der Waals surface area contributed by atoms with E-state index in [1.165, 1.54) is 9.58 Å². The number of hydrogen-bond acceptors (Lipinski definition) is 8. The van der Waals surface area contributed by atoms with Crippen LogP contribution in [0.15, 0.2) is 0 Å². The van der Waals surface area contributed by atoms with Crippen LogP contribution in [-0.2, 0) is 32.8 Å². The lowest BCUT2D eigenvalue weighted by atomic mass is 10.0. The third kappa shape index (κ3) is 6.24. The lowest BCUT2D eigenvalue weighted by Gasteiger charge is -2.40. The van der Waals surface area contributed by atoms with E-state index in [1.54, 1.807) is 60.4 Å². The van der Waals surface area contributed by atoms with E-state index in [0.29, 0.717) is 50.0 Å². The molecule has 0 aromatic carbocycles. The summed E-state index contributed by atoms with van der Waals surface area (Å²) in [5.41, 5.74) is -1.09. The maximum absolute atomic E-state index is 13.5. The first-order chi connectivity index (χ1) is 17.8. The highest BCUT2D eigenvalue weighted by molar-refractivity contribution is 7.92. The second kappa shape index (κ2) is 10.7. The van der Waals surface area contributed by atoms with Gasteiger partial charge in [-0.05, 0) is 67.7 Å². The Morgan fingerprint density at radius 3 is 2.38 bits per heavy atom. The molecule has 3 rings (SSSR count). The minimum atomic E-state index is -3.65. The molecule has 1 aromatic heterocycles. The van der Waals surface area contributed by atoms with Crippen LogP contribution in [0.4, 0.5) is 4.79 Å². The number of sulfone groups is 1. The fraction of sp³-hybridized carbons (Fsp3) is 0.769. The number of aromatic carboxylic acids is 1. The number of aryl methyl sites for hydroxylation is 1. The highest BCUT2D eigenvalue weighted by atomic mass is 32.2. The first-order valence-corrected chi connectivity index (χ1v) is 14.9. The Labute approximate surface area is 230 Å². The third-order valence-corrected chi connectivity index (χ3v) is 10.2. The van der Waals surface area contributed by atoms with Crippen molar-refractivity contribution in [3.8, 4) is 0 Å². The summed E-state index contributed by atoms with van der Waals surface area (Å²) in [5, 5.41) is 13.3. The minimum Gasteiger partial charge on any atom is -0.476 e. The number of carboxylic acid groups (broad SMARTS) is 1. The van der Waals surface area contributed by atoms with E-state index in [-0.39, 0.29) is 24.0 Å². The number of unbranched alkanes of at least 4 members (excludes halogenated alkanes) is 2. The quantitative estimate of drug-likeness (QED) is 0.442. The van der Waals surface area contributed by atoms with Gasteiger partial charge >= 0.3 is 12.1 Å². The molecule has 1 fully saturated rings. The van der Waals surface area contributed by atoms with E-state index in [1.807, 2.05) is 0 Å². The highest BCUT2D eigenvalue weighted by Gasteiger charge is 2.55. The van der Waals surface area contributed by atoms with Crippen LogP contribution < -0.4 is 0 Å². The number of carboxylic acids is 1. The van der Waals surface area contributed by atoms with E-state index in [9.17, 15) is 27.9 Å². The van der Waals surface area contributed by atoms with Gasteiger partial charge in [0, 0.05) is 25.7 Å². The Bertz CT molecular complexity index is 1230. The van der Waals surface area contributed by atoms with Crippen molar-refractivity contribution >= 4 is 27.8 Å². The molecule has 39 heavy (non-hydrogen) atoms. The molecule has 0 bridgehead atoms. The number of fused-ring (bicyclic) bond motifs is 1. The Hall–Kier alpha value is -2.67. The molecule has 2 amide bonds. The molecule has 1 saturated heterocycles. The van der Waals surface area contributed by atoms with Gasteiger partial charge in [0.1, 0.15) is 17.0 Å². The van der Waals surface area contributed by atoms with Crippen molar-refractivity contribution in [2.45, 2.75) is 96.3 Å². The van der Waals surface area contributed by atoms with E-state index >= 15 is 0 Å². The second-order valence-electron chi connectivity index (χ2n) is 12.3. The maximum Gasteiger partial charge on any atom is 0.412 e. The Balaban J connectivity index is 1.58. The summed E-state index contributed by atoms with van der Waals surface area (Å²) in [7, 11) is -2.09. The van der Waals surface area contributed by atoms with Crippen molar-refractivity contribution in [3.05, 3.63) is 17.0 Å². The van der Waals surface area contributed by atoms with Crippen LogP contribution >= 0.6 is 0 Å². The molecular formula is C26H42N4O8S. The van der Waals surface area contributed by atoms with Gasteiger partial charge in [-0.3, -0.25) is 14.4 Å². The fourth-order valence-electron chi connectivity index (χ4n) is 5.17. The maximum atomic E-state index is 13.5. The highest BCUT2D eigenvalue weighted by Crippen LogP contribution is 2.38. The summed E-state index contributed by atoms with van der Waals surface area (Å²) < 4.78 is 38.4. The lowest BCUT2D eigenvalue weighted by Crippen LogP contribution is -2.59. The molecule has 0 aliphatic carbocycles. The van der Waals surface area contributed by atoms with E-state index < -0.39 is 44.0 Å². The normalized spacial score (nSPS) is 19.8. The molecule has 1 atom stereocenters. The molecule has 1 N–H and O–H groups in total. The van der Waals surface area contributed by atoms with E-state index in [2.05, 4.69) is 5.10 Å². The molecule has 12 nitrogen and oxygen atoms in total. The molecule has 3 heterocycles. The number of nitrogens with zero attached hydrogens (tertiary/aromatic N) is 4. The number of hydrogen-bond donors (Lipinski definition) is 1. The number of carbonyl (C=O) groups excluding carboxylic acids is 2. The molecule has 2 aliphatic rings. The van der Waals surface area contributed by atoms with Crippen LogP contribution in [0.3, 0.4) is 0 Å². The fourth-order valence-corrected chi connectivity index (χ4v) is 6.87. The summed E-state index contributed by atoms with van der Waals surface area (Å²) in [6, 6.07) is -0.720. The number of amides is 2. The summed E-state index contributed by atoms with van der Waals surface area (Å²) >= 11 is 0. The summed E-state index contributed by atoms with van der Waals surface area (Å²) in [6.07, 6.45) is 1.38. The first-order valence-electron chi connectivity index (χ1n) is 13.3. The average molecular weight is 571 g/mol. The Morgan fingerprint density at radius 1 is 1.15 bits per heavy atom. The molecule has 220 valence electrons. The van der Waals surface area contributed by atoms with Crippen LogP contribution in [0, 0.1) is 0 Å². The topological polar surface area (TPSA) is 148 Å². The van der Waals surface area contributed by atoms with Gasteiger partial charge in [0.05, 0.1) is 23.1 Å². The number of carbonyl (C=O) groups is 3. The van der Waals surface area contributed by atoms with Gasteiger partial charge in [-0.1, -0.05) is 6.42 Å². The first kappa shape index (κ1) is 30.9. The smallest absolute Gasteiger partial charge is 0.412 e. The zero-order chi connectivity index (χ0) is 29.6. The van der Waals surface area contributed by atoms with Crippen molar-refractivity contribution in [1.82, 2.24) is 19.6 Å². The van der Waals surface area contributed by atoms with Crippen LogP contribution in [0.1, 0.15) is 94.3 Å². The largest absolute Gasteiger partial charge is 0.476 e. The van der Waals surface area contributed by atoms with Crippen molar-refractivity contribution in [2.75, 3.05) is 25.4 Å². The van der Waals surface area contributed by atoms with Crippen molar-refractivity contribution in [3.63, 3.8) is 0 Å². The number of aromatic nitrogens is 2. The predicted octanol–water partition coefficient (Wildman–Crippen LogP) is 2.85. The molecular weight excluding hydrogens is 528 g/mol. The average Bonchev–Trinajstić information content (AvgIpc) is 3.30. The van der Waals surface area contributed by atoms with Crippen LogP contribution in [0.5, 0.6) is 0 Å². The Kier molecular flexibility index (Phi) is 8.48. The van der Waals surface area contributed by atoms with Crippen molar-refractivity contribution in [2.24, 2.45) is 7.05 Å². The Morgan fingerprint density at radius 2 is 1.79 bits per heavy atom. The van der Waals surface area contributed by atoms with Crippen molar-refractivity contribution < 1.29 is 37.4 Å². The third-order valence-electron chi connectivity index (χ3n) is 7.49. The molecule has 2 aliphatic heterocycles. The van der Waals surface area contributed by atoms with Crippen molar-refractivity contribution in [1.29, 1.82) is 0 Å². The van der Waals surface area contributed by atoms with Gasteiger partial charge in [-0.2, -0.15) is 5.10 Å². The van der Waals surface area contributed by atoms with Crippen LogP contribution in [0.2, 0.25) is 0 Å². The zero-order valence-corrected chi connectivity index (χ0v) is 25.1. The summed E-state index contributed by atoms with van der Waals surface area (Å²) in [5.74, 6) is -1.49. The lowest BCUT2D eigenvalue weighted by molar-refractivity contribution is -0.0634. The van der Waals surface area contributed by atoms with E-state index in [0.717, 1.165) is 0 Å². The zero-order valence-electron chi connectivity index (χ0n) is 24.2. The van der Waals surface area contributed by atoms with Crippen LogP contribution in [-0.4, -0.2) is 98.6 Å². The van der Waals surface area contributed by atoms with Crippen LogP contribution in [0.25, 0.3) is 0 Å². The summed E-state index contributed by atoms with van der Waals surface area (Å²) in [4.78, 5) is 40.4. The number of ether oxygens (including phenoxy) is 2. The molecule has 1 aromatic rings. The SMILES string of the molecule is Cn1nc(C(=O)O)c2c1C(=O)N(CCCCCS(=O)(=O)C(C)(C)[C@H]1COC(C)(C)N1C(=O)OC(C)(C)C)CC2. The van der Waals surface area contributed by atoms with E-state index in [4.69, 9.17) is 9.47 Å². The molecule has 13 heteroatoms. The molecule has 0 radical (unpaired) electrons. The van der Waals surface area contributed by atoms with Gasteiger partial charge in [-0.25, -0.2) is 18.0 Å². The van der Waals surface area contributed by atoms with Gasteiger partial charge in [-0.15, -0.1) is 0 Å². The van der Waals surface area contributed by atoms with Gasteiger partial charge in [0.2, 0.25) is 0 Å². The van der Waals surface area contributed by atoms with Gasteiger partial charge in [0.15, 0.2) is 15.5 Å². The standard InChI is InChI=1S/C26H42N4O8S/c1-24(2,3)38-23(34)30-18(16-37-26(30,6)7)25(4,5)39(35,36)15-11-9-10-13-29-14-12-17-19(22(32)33)27-28(8)20(17)21(29)31/h18H,9-16H2,1-8H3,(H,32,33)/t18-/m1/s1. The number of rotatable bonds is 9. The molecule has 0 spiro atoms.